The molecular formula is C14H26N4O3. The lowest BCUT2D eigenvalue weighted by Crippen LogP contribution is -2.42. The maximum Gasteiger partial charge on any atom is 0.326 e. The smallest absolute Gasteiger partial charge is 0.326 e. The fraction of sp³-hybridized carbons (Fsp3) is 0.786. The molecule has 0 spiro atoms. The van der Waals surface area contributed by atoms with Gasteiger partial charge in [0, 0.05) is 13.0 Å². The first kappa shape index (κ1) is 17.3. The number of nitrogens with two attached hydrogens (primary N) is 1. The summed E-state index contributed by atoms with van der Waals surface area (Å²) in [4.78, 5) is 23.1. The molecule has 1 atom stereocenters. The van der Waals surface area contributed by atoms with Gasteiger partial charge in [-0.15, -0.1) is 0 Å². The van der Waals surface area contributed by atoms with Crippen LogP contribution in [0.3, 0.4) is 0 Å². The van der Waals surface area contributed by atoms with Gasteiger partial charge < -0.3 is 21.5 Å². The average Bonchev–Trinajstić information content (AvgIpc) is 2.42. The van der Waals surface area contributed by atoms with Crippen molar-refractivity contribution in [3.63, 3.8) is 0 Å². The molecule has 21 heavy (non-hydrogen) atoms. The molecule has 1 saturated carbocycles. The first-order valence-corrected chi connectivity index (χ1v) is 7.59. The van der Waals surface area contributed by atoms with Gasteiger partial charge in [-0.2, -0.15) is 0 Å². The normalized spacial score (nSPS) is 17.0. The molecule has 1 rings (SSSR count). The molecule has 6 N–H and O–H groups in total. The number of amides is 1. The van der Waals surface area contributed by atoms with Crippen LogP contribution in [0.1, 0.15) is 51.4 Å². The average molecular weight is 298 g/mol. The predicted octanol–water partition coefficient (Wildman–Crippen LogP) is 0.789. The molecular weight excluding hydrogens is 272 g/mol. The Bertz CT molecular complexity index is 367. The number of rotatable bonds is 8. The third-order valence-corrected chi connectivity index (χ3v) is 3.82. The van der Waals surface area contributed by atoms with Gasteiger partial charge in [-0.05, 0) is 31.6 Å². The number of hydrogen-bond donors (Lipinski definition) is 5. The lowest BCUT2D eigenvalue weighted by Gasteiger charge is -2.22. The van der Waals surface area contributed by atoms with Crippen molar-refractivity contribution in [2.24, 2.45) is 11.7 Å². The molecule has 120 valence electrons. The Balaban J connectivity index is 2.29. The largest absolute Gasteiger partial charge is 0.480 e. The summed E-state index contributed by atoms with van der Waals surface area (Å²) < 4.78 is 0. The van der Waals surface area contributed by atoms with Crippen molar-refractivity contribution < 1.29 is 14.7 Å². The summed E-state index contributed by atoms with van der Waals surface area (Å²) >= 11 is 0. The van der Waals surface area contributed by atoms with E-state index in [0.29, 0.717) is 31.7 Å². The van der Waals surface area contributed by atoms with Gasteiger partial charge >= 0.3 is 5.97 Å². The maximum atomic E-state index is 11.9. The van der Waals surface area contributed by atoms with E-state index in [1.54, 1.807) is 0 Å². The summed E-state index contributed by atoms with van der Waals surface area (Å²) in [5, 5.41) is 21.4. The van der Waals surface area contributed by atoms with Gasteiger partial charge in [0.15, 0.2) is 5.96 Å². The van der Waals surface area contributed by atoms with Crippen LogP contribution in [-0.4, -0.2) is 35.5 Å². The summed E-state index contributed by atoms with van der Waals surface area (Å²) in [5.41, 5.74) is 5.14. The molecule has 0 aromatic rings. The lowest BCUT2D eigenvalue weighted by atomic mass is 9.87. The standard InChI is InChI=1S/C14H26N4O3/c15-14(16)17-8-4-7-11(13(20)21)18-12(19)9-10-5-2-1-3-6-10/h10-11H,1-9H2,(H,18,19)(H,20,21)(H4,15,16,17)/t11-/m0/s1. The number of carbonyl (C=O) groups is 2. The van der Waals surface area contributed by atoms with Crippen molar-refractivity contribution in [1.82, 2.24) is 10.6 Å². The number of guanidine groups is 1. The van der Waals surface area contributed by atoms with E-state index in [4.69, 9.17) is 16.2 Å². The van der Waals surface area contributed by atoms with Gasteiger partial charge in [-0.3, -0.25) is 10.2 Å². The molecule has 0 radical (unpaired) electrons. The molecule has 1 amide bonds. The van der Waals surface area contributed by atoms with Crippen LogP contribution in [0, 0.1) is 11.3 Å². The van der Waals surface area contributed by atoms with Crippen LogP contribution in [0.2, 0.25) is 0 Å². The van der Waals surface area contributed by atoms with Crippen molar-refractivity contribution in [2.75, 3.05) is 6.54 Å². The summed E-state index contributed by atoms with van der Waals surface area (Å²) in [7, 11) is 0. The third kappa shape index (κ3) is 7.53. The first-order chi connectivity index (χ1) is 9.99. The quantitative estimate of drug-likeness (QED) is 0.257. The predicted molar refractivity (Wildman–Crippen MR) is 79.9 cm³/mol. The lowest BCUT2D eigenvalue weighted by molar-refractivity contribution is -0.142. The minimum absolute atomic E-state index is 0.136. The maximum absolute atomic E-state index is 11.9. The topological polar surface area (TPSA) is 128 Å². The zero-order chi connectivity index (χ0) is 15.7. The summed E-state index contributed by atoms with van der Waals surface area (Å²) in [6, 6.07) is -0.866. The van der Waals surface area contributed by atoms with Crippen LogP contribution < -0.4 is 16.4 Å². The van der Waals surface area contributed by atoms with Gasteiger partial charge in [-0.1, -0.05) is 19.3 Å². The first-order valence-electron chi connectivity index (χ1n) is 7.59. The molecule has 0 aliphatic heterocycles. The van der Waals surface area contributed by atoms with Gasteiger partial charge in [0.1, 0.15) is 6.04 Å². The van der Waals surface area contributed by atoms with E-state index in [1.165, 1.54) is 6.42 Å². The molecule has 1 aliphatic carbocycles. The van der Waals surface area contributed by atoms with Gasteiger partial charge in [0.05, 0.1) is 0 Å². The van der Waals surface area contributed by atoms with Gasteiger partial charge in [0.2, 0.25) is 5.91 Å². The monoisotopic (exact) mass is 298 g/mol. The number of carbonyl (C=O) groups excluding carboxylic acids is 1. The van der Waals surface area contributed by atoms with Crippen molar-refractivity contribution >= 4 is 17.8 Å². The number of carboxylic acids is 1. The highest BCUT2D eigenvalue weighted by atomic mass is 16.4. The second-order valence-electron chi connectivity index (χ2n) is 5.65. The highest BCUT2D eigenvalue weighted by Crippen LogP contribution is 2.26. The zero-order valence-corrected chi connectivity index (χ0v) is 12.4. The van der Waals surface area contributed by atoms with E-state index in [9.17, 15) is 9.59 Å². The number of nitrogens with one attached hydrogen (secondary N) is 3. The Morgan fingerprint density at radius 1 is 1.29 bits per heavy atom. The van der Waals surface area contributed by atoms with E-state index in [2.05, 4.69) is 10.6 Å². The highest BCUT2D eigenvalue weighted by Gasteiger charge is 2.22. The Morgan fingerprint density at radius 3 is 2.52 bits per heavy atom. The van der Waals surface area contributed by atoms with Crippen LogP contribution in [-0.2, 0) is 9.59 Å². The minimum atomic E-state index is -1.02. The van der Waals surface area contributed by atoms with Crippen LogP contribution in [0.25, 0.3) is 0 Å². The Hall–Kier alpha value is -1.79. The second kappa shape index (κ2) is 9.20. The van der Waals surface area contributed by atoms with Crippen molar-refractivity contribution in [3.05, 3.63) is 0 Å². The minimum Gasteiger partial charge on any atom is -0.480 e. The van der Waals surface area contributed by atoms with Crippen molar-refractivity contribution in [2.45, 2.75) is 57.4 Å². The number of aliphatic carboxylic acids is 1. The Labute approximate surface area is 125 Å². The number of hydrogen-bond acceptors (Lipinski definition) is 3. The van der Waals surface area contributed by atoms with Gasteiger partial charge in [-0.25, -0.2) is 4.79 Å². The molecule has 0 heterocycles. The SMILES string of the molecule is N=C(N)NCCC[C@H](NC(=O)CC1CCCCC1)C(=O)O. The van der Waals surface area contributed by atoms with Crippen LogP contribution in [0.4, 0.5) is 0 Å². The fourth-order valence-electron chi connectivity index (χ4n) is 2.69. The van der Waals surface area contributed by atoms with Crippen molar-refractivity contribution in [1.29, 1.82) is 5.41 Å². The molecule has 0 unspecified atom stereocenters. The summed E-state index contributed by atoms with van der Waals surface area (Å²) in [6.45, 7) is 0.428. The van der Waals surface area contributed by atoms with Gasteiger partial charge in [0.25, 0.3) is 0 Å². The zero-order valence-electron chi connectivity index (χ0n) is 12.4. The van der Waals surface area contributed by atoms with Crippen LogP contribution in [0.5, 0.6) is 0 Å². The molecule has 1 aliphatic rings. The number of carboxylic acid groups (broad SMARTS) is 1. The molecule has 0 bridgehead atoms. The molecule has 0 aromatic carbocycles. The van der Waals surface area contributed by atoms with Crippen LogP contribution >= 0.6 is 0 Å². The summed E-state index contributed by atoms with van der Waals surface area (Å²) in [6.07, 6.45) is 6.97. The molecule has 1 fully saturated rings. The second-order valence-corrected chi connectivity index (χ2v) is 5.65. The van der Waals surface area contributed by atoms with Crippen LogP contribution in [0.15, 0.2) is 0 Å². The van der Waals surface area contributed by atoms with E-state index in [1.807, 2.05) is 0 Å². The molecule has 0 aromatic heterocycles. The fourth-order valence-corrected chi connectivity index (χ4v) is 2.69. The third-order valence-electron chi connectivity index (χ3n) is 3.82. The van der Waals surface area contributed by atoms with E-state index >= 15 is 0 Å². The Kier molecular flexibility index (Phi) is 7.56. The molecule has 7 nitrogen and oxygen atoms in total. The molecule has 7 heteroatoms. The highest BCUT2D eigenvalue weighted by molar-refractivity contribution is 5.83. The van der Waals surface area contributed by atoms with E-state index in [-0.39, 0.29) is 11.9 Å². The Morgan fingerprint density at radius 2 is 1.95 bits per heavy atom. The van der Waals surface area contributed by atoms with E-state index < -0.39 is 12.0 Å². The van der Waals surface area contributed by atoms with Crippen molar-refractivity contribution in [3.8, 4) is 0 Å². The van der Waals surface area contributed by atoms with E-state index in [0.717, 1.165) is 25.7 Å². The molecule has 0 saturated heterocycles. The summed E-state index contributed by atoms with van der Waals surface area (Å²) in [5.74, 6) is -0.931.